The van der Waals surface area contributed by atoms with Crippen molar-refractivity contribution in [3.8, 4) is 0 Å². The first kappa shape index (κ1) is 16.6. The summed E-state index contributed by atoms with van der Waals surface area (Å²) in [6.45, 7) is 6.42. The predicted octanol–water partition coefficient (Wildman–Crippen LogP) is 1.66. The molecule has 0 unspecified atom stereocenters. The van der Waals surface area contributed by atoms with Gasteiger partial charge in [0.15, 0.2) is 5.84 Å². The Balaban J connectivity index is 2.00. The molecule has 2 aromatic heterocycles. The van der Waals surface area contributed by atoms with Gasteiger partial charge in [-0.3, -0.25) is 0 Å². The van der Waals surface area contributed by atoms with E-state index in [2.05, 4.69) is 15.5 Å². The van der Waals surface area contributed by atoms with Gasteiger partial charge < -0.3 is 25.6 Å². The van der Waals surface area contributed by atoms with Crippen LogP contribution in [0.5, 0.6) is 0 Å². The van der Waals surface area contributed by atoms with Crippen LogP contribution in [-0.2, 0) is 11.3 Å². The molecule has 2 heterocycles. The molecule has 2 rings (SSSR count). The van der Waals surface area contributed by atoms with E-state index in [1.54, 1.807) is 6.07 Å². The molecule has 4 N–H and O–H groups in total. The number of hydrogen-bond acceptors (Lipinski definition) is 5. The van der Waals surface area contributed by atoms with E-state index in [1.807, 2.05) is 37.6 Å². The lowest BCUT2D eigenvalue weighted by atomic mass is 10.2. The minimum Gasteiger partial charge on any atom is -0.444 e. The highest BCUT2D eigenvalue weighted by atomic mass is 16.6. The molecule has 8 nitrogen and oxygen atoms in total. The summed E-state index contributed by atoms with van der Waals surface area (Å²) in [5.41, 5.74) is 6.33. The molecule has 8 heteroatoms. The van der Waals surface area contributed by atoms with Crippen molar-refractivity contribution >= 4 is 23.0 Å². The first-order valence-corrected chi connectivity index (χ1v) is 7.20. The molecular formula is C15H21N5O3. The van der Waals surface area contributed by atoms with Gasteiger partial charge in [-0.2, -0.15) is 0 Å². The van der Waals surface area contributed by atoms with Gasteiger partial charge >= 0.3 is 6.09 Å². The summed E-state index contributed by atoms with van der Waals surface area (Å²) in [6.07, 6.45) is 2.95. The lowest BCUT2D eigenvalue weighted by Gasteiger charge is -2.19. The fraction of sp³-hybridized carbons (Fsp3) is 0.400. The van der Waals surface area contributed by atoms with Crippen molar-refractivity contribution in [2.75, 3.05) is 6.54 Å². The Morgan fingerprint density at radius 2 is 2.26 bits per heavy atom. The number of nitrogens with one attached hydrogen (secondary N) is 1. The molecule has 0 spiro atoms. The predicted molar refractivity (Wildman–Crippen MR) is 86.5 cm³/mol. The van der Waals surface area contributed by atoms with Crippen LogP contribution < -0.4 is 11.1 Å². The van der Waals surface area contributed by atoms with Gasteiger partial charge in [-0.05, 0) is 32.9 Å². The summed E-state index contributed by atoms with van der Waals surface area (Å²) in [7, 11) is 0. The first-order chi connectivity index (χ1) is 10.8. The number of alkyl carbamates (subject to hydrolysis) is 1. The largest absolute Gasteiger partial charge is 0.444 e. The average Bonchev–Trinajstić information content (AvgIpc) is 2.87. The molecule has 124 valence electrons. The minimum absolute atomic E-state index is 0.0127. The van der Waals surface area contributed by atoms with Crippen LogP contribution in [0.1, 0.15) is 26.3 Å². The zero-order chi connectivity index (χ0) is 17.0. The Morgan fingerprint density at radius 3 is 2.91 bits per heavy atom. The number of fused-ring (bicyclic) bond motifs is 1. The fourth-order valence-corrected chi connectivity index (χ4v) is 2.05. The second-order valence-electron chi connectivity index (χ2n) is 6.06. The summed E-state index contributed by atoms with van der Waals surface area (Å²) in [5, 5.41) is 15.2. The van der Waals surface area contributed by atoms with Crippen molar-refractivity contribution in [1.82, 2.24) is 14.9 Å². The molecule has 0 bridgehead atoms. The summed E-state index contributed by atoms with van der Waals surface area (Å²) in [5.74, 6) is 0.0127. The van der Waals surface area contributed by atoms with Gasteiger partial charge in [-0.25, -0.2) is 9.78 Å². The maximum Gasteiger partial charge on any atom is 0.407 e. The van der Waals surface area contributed by atoms with Crippen LogP contribution in [0.15, 0.2) is 29.7 Å². The molecule has 0 aliphatic rings. The molecule has 0 fully saturated rings. The van der Waals surface area contributed by atoms with Crippen LogP contribution in [0.2, 0.25) is 0 Å². The normalized spacial score (nSPS) is 12.4. The van der Waals surface area contributed by atoms with E-state index in [4.69, 9.17) is 15.7 Å². The van der Waals surface area contributed by atoms with Crippen LogP contribution >= 0.6 is 0 Å². The fourth-order valence-electron chi connectivity index (χ4n) is 2.05. The van der Waals surface area contributed by atoms with Gasteiger partial charge in [-0.15, -0.1) is 0 Å². The highest BCUT2D eigenvalue weighted by Gasteiger charge is 2.15. The number of amidine groups is 1. The Labute approximate surface area is 133 Å². The Hall–Kier alpha value is -2.77. The Kier molecular flexibility index (Phi) is 4.73. The molecule has 0 saturated heterocycles. The molecule has 2 aromatic rings. The average molecular weight is 319 g/mol. The maximum absolute atomic E-state index is 11.6. The molecule has 23 heavy (non-hydrogen) atoms. The van der Waals surface area contributed by atoms with Crippen LogP contribution in [0.3, 0.4) is 0 Å². The quantitative estimate of drug-likeness (QED) is 0.343. The Morgan fingerprint density at radius 1 is 1.52 bits per heavy atom. The lowest BCUT2D eigenvalue weighted by Crippen LogP contribution is -2.34. The molecular weight excluding hydrogens is 298 g/mol. The summed E-state index contributed by atoms with van der Waals surface area (Å²) < 4.78 is 7.08. The standard InChI is InChI=1S/C15H21N5O3/c1-15(2,3)23-14(21)17-5-7-20-6-4-10-8-11(12(16)19-22)9-18-13(10)20/h4,6,8-9,22H,5,7H2,1-3H3,(H2,16,19)(H,17,21). The van der Waals surface area contributed by atoms with Crippen molar-refractivity contribution in [3.05, 3.63) is 30.1 Å². The van der Waals surface area contributed by atoms with Gasteiger partial charge in [0.1, 0.15) is 11.2 Å². The van der Waals surface area contributed by atoms with Crippen LogP contribution in [0.25, 0.3) is 11.0 Å². The Bertz CT molecular complexity index is 730. The number of carbonyl (C=O) groups excluding carboxylic acids is 1. The molecule has 0 aliphatic heterocycles. The second kappa shape index (κ2) is 6.55. The second-order valence-corrected chi connectivity index (χ2v) is 6.06. The van der Waals surface area contributed by atoms with Gasteiger partial charge in [0.05, 0.1) is 0 Å². The van der Waals surface area contributed by atoms with Crippen molar-refractivity contribution in [1.29, 1.82) is 0 Å². The number of nitrogens with zero attached hydrogens (tertiary/aromatic N) is 3. The topological polar surface area (TPSA) is 115 Å². The maximum atomic E-state index is 11.6. The molecule has 0 atom stereocenters. The van der Waals surface area contributed by atoms with Gasteiger partial charge in [0, 0.05) is 36.4 Å². The van der Waals surface area contributed by atoms with E-state index >= 15 is 0 Å². The third kappa shape index (κ3) is 4.35. The van der Waals surface area contributed by atoms with E-state index in [0.29, 0.717) is 18.7 Å². The SMILES string of the molecule is CC(C)(C)OC(=O)NCCn1ccc2cc(C(N)=NO)cnc21. The van der Waals surface area contributed by atoms with Gasteiger partial charge in [-0.1, -0.05) is 5.16 Å². The number of ether oxygens (including phenoxy) is 1. The van der Waals surface area contributed by atoms with Crippen LogP contribution in [0.4, 0.5) is 4.79 Å². The van der Waals surface area contributed by atoms with E-state index < -0.39 is 11.7 Å². The number of hydrogen-bond donors (Lipinski definition) is 3. The number of nitrogens with two attached hydrogens (primary N) is 1. The molecule has 0 aromatic carbocycles. The van der Waals surface area contributed by atoms with Crippen LogP contribution in [-0.4, -0.2) is 38.8 Å². The van der Waals surface area contributed by atoms with Crippen LogP contribution in [0, 0.1) is 0 Å². The summed E-state index contributed by atoms with van der Waals surface area (Å²) >= 11 is 0. The highest BCUT2D eigenvalue weighted by molar-refractivity contribution is 5.99. The number of aromatic nitrogens is 2. The molecule has 1 amide bonds. The smallest absolute Gasteiger partial charge is 0.407 e. The number of amides is 1. The van der Waals surface area contributed by atoms with Crippen molar-refractivity contribution in [2.45, 2.75) is 32.9 Å². The monoisotopic (exact) mass is 319 g/mol. The zero-order valence-corrected chi connectivity index (χ0v) is 13.4. The van der Waals surface area contributed by atoms with Crippen molar-refractivity contribution in [3.63, 3.8) is 0 Å². The minimum atomic E-state index is -0.517. The summed E-state index contributed by atoms with van der Waals surface area (Å²) in [6, 6.07) is 3.67. The van der Waals surface area contributed by atoms with E-state index in [0.717, 1.165) is 11.0 Å². The van der Waals surface area contributed by atoms with E-state index in [-0.39, 0.29) is 5.84 Å². The van der Waals surface area contributed by atoms with E-state index in [9.17, 15) is 4.79 Å². The first-order valence-electron chi connectivity index (χ1n) is 7.20. The molecule has 0 radical (unpaired) electrons. The lowest BCUT2D eigenvalue weighted by molar-refractivity contribution is 0.0526. The number of carbonyl (C=O) groups is 1. The van der Waals surface area contributed by atoms with Crippen molar-refractivity contribution in [2.24, 2.45) is 10.9 Å². The summed E-state index contributed by atoms with van der Waals surface area (Å²) in [4.78, 5) is 15.9. The van der Waals surface area contributed by atoms with Crippen molar-refractivity contribution < 1.29 is 14.7 Å². The highest BCUT2D eigenvalue weighted by Crippen LogP contribution is 2.15. The number of rotatable bonds is 4. The molecule has 0 aliphatic carbocycles. The third-order valence-corrected chi connectivity index (χ3v) is 3.03. The zero-order valence-electron chi connectivity index (χ0n) is 13.4. The third-order valence-electron chi connectivity index (χ3n) is 3.03. The van der Waals surface area contributed by atoms with Gasteiger partial charge in [0.25, 0.3) is 0 Å². The molecule has 0 saturated carbocycles. The number of pyridine rings is 1. The van der Waals surface area contributed by atoms with E-state index in [1.165, 1.54) is 6.20 Å². The number of oxime groups is 1. The van der Waals surface area contributed by atoms with Gasteiger partial charge in [0.2, 0.25) is 0 Å².